The highest BCUT2D eigenvalue weighted by Crippen LogP contribution is 2.19. The zero-order chi connectivity index (χ0) is 11.3. The summed E-state index contributed by atoms with van der Waals surface area (Å²) in [6.45, 7) is 5.02. The summed E-state index contributed by atoms with van der Waals surface area (Å²) in [7, 11) is 0. The number of unbranched alkanes of at least 4 members (excludes halogenated alkanes) is 1. The molecule has 0 aliphatic heterocycles. The molecular formula is C13H22N2. The molecule has 0 aliphatic rings. The Bertz CT molecular complexity index is 307. The number of hydrogen-bond acceptors (Lipinski definition) is 2. The van der Waals surface area contributed by atoms with Crippen LogP contribution in [0.3, 0.4) is 0 Å². The maximum atomic E-state index is 6.11. The first-order valence-corrected chi connectivity index (χ1v) is 5.68. The Hall–Kier alpha value is -0.860. The molecule has 0 aliphatic carbocycles. The van der Waals surface area contributed by atoms with Gasteiger partial charge in [-0.25, -0.2) is 0 Å². The Labute approximate surface area is 92.7 Å². The molecule has 0 heterocycles. The zero-order valence-corrected chi connectivity index (χ0v) is 9.79. The molecule has 0 fully saturated rings. The van der Waals surface area contributed by atoms with Crippen LogP contribution in [0.25, 0.3) is 0 Å². The van der Waals surface area contributed by atoms with Gasteiger partial charge in [0.05, 0.1) is 0 Å². The van der Waals surface area contributed by atoms with Gasteiger partial charge in [0.1, 0.15) is 0 Å². The SMILES string of the molecule is Cc1ccc([C@H](N)CCCCN)cc1C. The van der Waals surface area contributed by atoms with Crippen LogP contribution in [-0.2, 0) is 0 Å². The summed E-state index contributed by atoms with van der Waals surface area (Å²) in [4.78, 5) is 0. The Kier molecular flexibility index (Phi) is 4.79. The minimum absolute atomic E-state index is 0.163. The summed E-state index contributed by atoms with van der Waals surface area (Å²) >= 11 is 0. The first-order valence-electron chi connectivity index (χ1n) is 5.68. The summed E-state index contributed by atoms with van der Waals surface area (Å²) in [5.74, 6) is 0. The molecule has 1 rings (SSSR count). The predicted octanol–water partition coefficient (Wildman–Crippen LogP) is 2.43. The average molecular weight is 206 g/mol. The molecule has 2 nitrogen and oxygen atoms in total. The second kappa shape index (κ2) is 5.89. The number of aryl methyl sites for hydroxylation is 2. The second-order valence-corrected chi connectivity index (χ2v) is 4.23. The van der Waals surface area contributed by atoms with Gasteiger partial charge in [-0.15, -0.1) is 0 Å². The van der Waals surface area contributed by atoms with Gasteiger partial charge in [-0.3, -0.25) is 0 Å². The molecule has 0 aromatic heterocycles. The molecule has 0 spiro atoms. The second-order valence-electron chi connectivity index (χ2n) is 4.23. The van der Waals surface area contributed by atoms with Crippen molar-refractivity contribution in [2.75, 3.05) is 6.54 Å². The summed E-state index contributed by atoms with van der Waals surface area (Å²) in [5, 5.41) is 0. The van der Waals surface area contributed by atoms with Crippen LogP contribution in [0, 0.1) is 13.8 Å². The third-order valence-corrected chi connectivity index (χ3v) is 2.93. The molecule has 15 heavy (non-hydrogen) atoms. The lowest BCUT2D eigenvalue weighted by molar-refractivity contribution is 0.590. The van der Waals surface area contributed by atoms with E-state index in [2.05, 4.69) is 32.0 Å². The van der Waals surface area contributed by atoms with Gasteiger partial charge in [0, 0.05) is 6.04 Å². The van der Waals surface area contributed by atoms with Crippen LogP contribution < -0.4 is 11.5 Å². The highest BCUT2D eigenvalue weighted by molar-refractivity contribution is 5.31. The fourth-order valence-electron chi connectivity index (χ4n) is 1.67. The first kappa shape index (κ1) is 12.2. The molecule has 4 N–H and O–H groups in total. The first-order chi connectivity index (χ1) is 7.15. The minimum Gasteiger partial charge on any atom is -0.330 e. The number of nitrogens with two attached hydrogens (primary N) is 2. The van der Waals surface area contributed by atoms with E-state index < -0.39 is 0 Å². The maximum absolute atomic E-state index is 6.11. The van der Waals surface area contributed by atoms with Gasteiger partial charge in [0.15, 0.2) is 0 Å². The monoisotopic (exact) mass is 206 g/mol. The molecule has 1 aromatic carbocycles. The van der Waals surface area contributed by atoms with Crippen LogP contribution in [0.5, 0.6) is 0 Å². The molecule has 0 amide bonds. The molecule has 1 atom stereocenters. The lowest BCUT2D eigenvalue weighted by atomic mass is 9.98. The van der Waals surface area contributed by atoms with Gasteiger partial charge in [0.25, 0.3) is 0 Å². The van der Waals surface area contributed by atoms with E-state index in [1.165, 1.54) is 16.7 Å². The van der Waals surface area contributed by atoms with Gasteiger partial charge >= 0.3 is 0 Å². The molecule has 0 unspecified atom stereocenters. The van der Waals surface area contributed by atoms with E-state index in [-0.39, 0.29) is 6.04 Å². The van der Waals surface area contributed by atoms with Gasteiger partial charge in [-0.1, -0.05) is 24.6 Å². The molecule has 0 saturated heterocycles. The van der Waals surface area contributed by atoms with E-state index in [9.17, 15) is 0 Å². The highest BCUT2D eigenvalue weighted by Gasteiger charge is 2.06. The summed E-state index contributed by atoms with van der Waals surface area (Å²) in [5.41, 5.74) is 15.5. The number of hydrogen-bond donors (Lipinski definition) is 2. The number of rotatable bonds is 5. The fourth-order valence-corrected chi connectivity index (χ4v) is 1.67. The Morgan fingerprint density at radius 3 is 2.47 bits per heavy atom. The van der Waals surface area contributed by atoms with E-state index >= 15 is 0 Å². The quantitative estimate of drug-likeness (QED) is 0.727. The van der Waals surface area contributed by atoms with E-state index in [4.69, 9.17) is 11.5 Å². The van der Waals surface area contributed by atoms with Crippen molar-refractivity contribution < 1.29 is 0 Å². The normalized spacial score (nSPS) is 12.8. The average Bonchev–Trinajstić information content (AvgIpc) is 2.22. The standard InChI is InChI=1S/C13H22N2/c1-10-6-7-12(9-11(10)2)13(15)5-3-4-8-14/h6-7,9,13H,3-5,8,14-15H2,1-2H3/t13-/m1/s1. The van der Waals surface area contributed by atoms with Crippen molar-refractivity contribution in [2.45, 2.75) is 39.2 Å². The Morgan fingerprint density at radius 1 is 1.13 bits per heavy atom. The zero-order valence-electron chi connectivity index (χ0n) is 9.79. The van der Waals surface area contributed by atoms with Gasteiger partial charge in [0.2, 0.25) is 0 Å². The molecule has 0 radical (unpaired) electrons. The van der Waals surface area contributed by atoms with Gasteiger partial charge in [-0.2, -0.15) is 0 Å². The molecule has 2 heteroatoms. The van der Waals surface area contributed by atoms with Crippen molar-refractivity contribution in [1.29, 1.82) is 0 Å². The summed E-state index contributed by atoms with van der Waals surface area (Å²) in [6, 6.07) is 6.64. The molecular weight excluding hydrogens is 184 g/mol. The van der Waals surface area contributed by atoms with Crippen molar-refractivity contribution in [3.05, 3.63) is 34.9 Å². The van der Waals surface area contributed by atoms with Crippen LogP contribution in [0.15, 0.2) is 18.2 Å². The van der Waals surface area contributed by atoms with Gasteiger partial charge < -0.3 is 11.5 Å². The van der Waals surface area contributed by atoms with Crippen LogP contribution in [0.4, 0.5) is 0 Å². The van der Waals surface area contributed by atoms with E-state index in [0.29, 0.717) is 0 Å². The van der Waals surface area contributed by atoms with Gasteiger partial charge in [-0.05, 0) is 49.9 Å². The predicted molar refractivity (Wildman–Crippen MR) is 65.7 cm³/mol. The lowest BCUT2D eigenvalue weighted by Gasteiger charge is -2.13. The molecule has 0 saturated carbocycles. The van der Waals surface area contributed by atoms with E-state index in [0.717, 1.165) is 25.8 Å². The molecule has 0 bridgehead atoms. The van der Waals surface area contributed by atoms with E-state index in [1.54, 1.807) is 0 Å². The highest BCUT2D eigenvalue weighted by atomic mass is 14.6. The van der Waals surface area contributed by atoms with Crippen molar-refractivity contribution in [2.24, 2.45) is 11.5 Å². The summed E-state index contributed by atoms with van der Waals surface area (Å²) in [6.07, 6.45) is 3.21. The fraction of sp³-hybridized carbons (Fsp3) is 0.538. The molecule has 84 valence electrons. The van der Waals surface area contributed by atoms with Crippen LogP contribution in [0.1, 0.15) is 42.0 Å². The van der Waals surface area contributed by atoms with Crippen molar-refractivity contribution in [1.82, 2.24) is 0 Å². The molecule has 1 aromatic rings. The topological polar surface area (TPSA) is 52.0 Å². The Morgan fingerprint density at radius 2 is 1.87 bits per heavy atom. The van der Waals surface area contributed by atoms with Crippen molar-refractivity contribution >= 4 is 0 Å². The number of benzene rings is 1. The van der Waals surface area contributed by atoms with Crippen LogP contribution >= 0.6 is 0 Å². The van der Waals surface area contributed by atoms with Crippen LogP contribution in [-0.4, -0.2) is 6.54 Å². The summed E-state index contributed by atoms with van der Waals surface area (Å²) < 4.78 is 0. The maximum Gasteiger partial charge on any atom is 0.0294 e. The van der Waals surface area contributed by atoms with Crippen LogP contribution in [0.2, 0.25) is 0 Å². The third kappa shape index (κ3) is 3.65. The lowest BCUT2D eigenvalue weighted by Crippen LogP contribution is -2.11. The Balaban J connectivity index is 2.57. The van der Waals surface area contributed by atoms with E-state index in [1.807, 2.05) is 0 Å². The largest absolute Gasteiger partial charge is 0.330 e. The third-order valence-electron chi connectivity index (χ3n) is 2.93. The van der Waals surface area contributed by atoms with Crippen molar-refractivity contribution in [3.8, 4) is 0 Å². The smallest absolute Gasteiger partial charge is 0.0294 e. The minimum atomic E-state index is 0.163. The van der Waals surface area contributed by atoms with Crippen molar-refractivity contribution in [3.63, 3.8) is 0 Å².